The van der Waals surface area contributed by atoms with Crippen molar-refractivity contribution in [3.8, 4) is 0 Å². The van der Waals surface area contributed by atoms with E-state index in [-0.39, 0.29) is 24.1 Å². The molecule has 8 nitrogen and oxygen atoms in total. The van der Waals surface area contributed by atoms with E-state index in [1.807, 2.05) is 18.2 Å². The summed E-state index contributed by atoms with van der Waals surface area (Å²) in [5.41, 5.74) is 1.36. The van der Waals surface area contributed by atoms with Crippen molar-refractivity contribution in [3.63, 3.8) is 0 Å². The maximum absolute atomic E-state index is 12.0. The van der Waals surface area contributed by atoms with Gasteiger partial charge in [0.05, 0.1) is 24.4 Å². The van der Waals surface area contributed by atoms with Crippen LogP contribution in [0.15, 0.2) is 29.8 Å². The maximum atomic E-state index is 12.0. The van der Waals surface area contributed by atoms with Crippen LogP contribution >= 0.6 is 11.3 Å². The van der Waals surface area contributed by atoms with E-state index in [1.165, 1.54) is 11.3 Å². The van der Waals surface area contributed by atoms with Crippen LogP contribution in [0.25, 0.3) is 0 Å². The predicted octanol–water partition coefficient (Wildman–Crippen LogP) is 0.614. The molecule has 25 heavy (non-hydrogen) atoms. The third-order valence-corrected chi connectivity index (χ3v) is 4.43. The van der Waals surface area contributed by atoms with Gasteiger partial charge < -0.3 is 16.0 Å². The van der Waals surface area contributed by atoms with Crippen LogP contribution in [0, 0.1) is 0 Å². The van der Waals surface area contributed by atoms with Crippen LogP contribution in [-0.2, 0) is 27.3 Å². The number of carbonyl (C=O) groups excluding carboxylic acids is 3. The van der Waals surface area contributed by atoms with E-state index in [0.29, 0.717) is 30.2 Å². The number of thiazole rings is 1. The highest BCUT2D eigenvalue weighted by molar-refractivity contribution is 7.13. The van der Waals surface area contributed by atoms with Crippen LogP contribution in [0.4, 0.5) is 5.13 Å². The Morgan fingerprint density at radius 1 is 1.32 bits per heavy atom. The first kappa shape index (κ1) is 17.0. The third kappa shape index (κ3) is 4.83. The van der Waals surface area contributed by atoms with Crippen molar-refractivity contribution in [2.75, 3.05) is 5.32 Å². The molecule has 3 heterocycles. The maximum Gasteiger partial charge on any atom is 0.248 e. The molecule has 1 aliphatic rings. The van der Waals surface area contributed by atoms with Crippen molar-refractivity contribution in [1.29, 1.82) is 0 Å². The standard InChI is InChI=1S/C16H17N5O3S/c22-13-5-4-12(20-13)15(24)21-16-19-11(9-25-16)7-14(23)18-8-10-3-1-2-6-17-10/h1-3,6,9,12H,4-5,7-8H2,(H,18,23)(H,20,22)(H,19,21,24). The van der Waals surface area contributed by atoms with Gasteiger partial charge in [0, 0.05) is 18.0 Å². The molecule has 3 N–H and O–H groups in total. The molecule has 0 radical (unpaired) electrons. The molecule has 0 spiro atoms. The van der Waals surface area contributed by atoms with Crippen LogP contribution in [0.5, 0.6) is 0 Å². The SMILES string of the molecule is O=C(Cc1csc(NC(=O)C2CCC(=O)N2)n1)NCc1ccccn1. The largest absolute Gasteiger partial charge is 0.350 e. The summed E-state index contributed by atoms with van der Waals surface area (Å²) in [7, 11) is 0. The summed E-state index contributed by atoms with van der Waals surface area (Å²) in [5, 5.41) is 10.2. The first-order valence-corrected chi connectivity index (χ1v) is 8.69. The van der Waals surface area contributed by atoms with Crippen molar-refractivity contribution in [3.05, 3.63) is 41.2 Å². The van der Waals surface area contributed by atoms with Gasteiger partial charge in [0.1, 0.15) is 6.04 Å². The van der Waals surface area contributed by atoms with Gasteiger partial charge in [0.25, 0.3) is 0 Å². The highest BCUT2D eigenvalue weighted by atomic mass is 32.1. The Kier molecular flexibility index (Phi) is 5.34. The number of nitrogens with one attached hydrogen (secondary N) is 3. The molecular weight excluding hydrogens is 342 g/mol. The number of hydrogen-bond donors (Lipinski definition) is 3. The van der Waals surface area contributed by atoms with Gasteiger partial charge in [-0.3, -0.25) is 19.4 Å². The molecule has 2 aromatic heterocycles. The lowest BCUT2D eigenvalue weighted by molar-refractivity contribution is -0.122. The van der Waals surface area contributed by atoms with Crippen molar-refractivity contribution in [2.24, 2.45) is 0 Å². The third-order valence-electron chi connectivity index (χ3n) is 3.63. The summed E-state index contributed by atoms with van der Waals surface area (Å²) < 4.78 is 0. The van der Waals surface area contributed by atoms with Crippen molar-refractivity contribution in [2.45, 2.75) is 31.8 Å². The molecule has 1 saturated heterocycles. The fourth-order valence-electron chi connectivity index (χ4n) is 2.37. The van der Waals surface area contributed by atoms with Gasteiger partial charge in [-0.15, -0.1) is 11.3 Å². The van der Waals surface area contributed by atoms with Gasteiger partial charge in [-0.05, 0) is 18.6 Å². The number of nitrogens with zero attached hydrogens (tertiary/aromatic N) is 2. The number of amides is 3. The average Bonchev–Trinajstić information content (AvgIpc) is 3.23. The van der Waals surface area contributed by atoms with Gasteiger partial charge in [0.2, 0.25) is 17.7 Å². The first-order valence-electron chi connectivity index (χ1n) is 7.81. The van der Waals surface area contributed by atoms with Crippen LogP contribution in [0.1, 0.15) is 24.2 Å². The second-order valence-electron chi connectivity index (χ2n) is 5.57. The number of pyridine rings is 1. The van der Waals surface area contributed by atoms with E-state index in [9.17, 15) is 14.4 Å². The summed E-state index contributed by atoms with van der Waals surface area (Å²) in [6.07, 6.45) is 2.64. The topological polar surface area (TPSA) is 113 Å². The predicted molar refractivity (Wildman–Crippen MR) is 91.7 cm³/mol. The second-order valence-corrected chi connectivity index (χ2v) is 6.42. The lowest BCUT2D eigenvalue weighted by atomic mass is 10.2. The van der Waals surface area contributed by atoms with Gasteiger partial charge in [-0.25, -0.2) is 4.98 Å². The summed E-state index contributed by atoms with van der Waals surface area (Å²) in [4.78, 5) is 43.5. The fourth-order valence-corrected chi connectivity index (χ4v) is 3.08. The number of rotatable bonds is 6. The smallest absolute Gasteiger partial charge is 0.248 e. The minimum absolute atomic E-state index is 0.121. The molecule has 1 aliphatic heterocycles. The van der Waals surface area contributed by atoms with Gasteiger partial charge in [0.15, 0.2) is 5.13 Å². The Morgan fingerprint density at radius 2 is 2.20 bits per heavy atom. The van der Waals surface area contributed by atoms with Crippen molar-refractivity contribution >= 4 is 34.2 Å². The van der Waals surface area contributed by atoms with E-state index >= 15 is 0 Å². The van der Waals surface area contributed by atoms with Gasteiger partial charge in [-0.2, -0.15) is 0 Å². The lowest BCUT2D eigenvalue weighted by Crippen LogP contribution is -2.37. The Hall–Kier alpha value is -2.81. The highest BCUT2D eigenvalue weighted by Crippen LogP contribution is 2.17. The molecule has 9 heteroatoms. The van der Waals surface area contributed by atoms with Crippen LogP contribution in [0.3, 0.4) is 0 Å². The molecule has 1 fully saturated rings. The number of carbonyl (C=O) groups is 3. The summed E-state index contributed by atoms with van der Waals surface area (Å²) >= 11 is 1.25. The van der Waals surface area contributed by atoms with Crippen molar-refractivity contribution < 1.29 is 14.4 Å². The number of aromatic nitrogens is 2. The molecule has 0 bridgehead atoms. The zero-order valence-corrected chi connectivity index (χ0v) is 14.1. The van der Waals surface area contributed by atoms with E-state index in [4.69, 9.17) is 0 Å². The fraction of sp³-hybridized carbons (Fsp3) is 0.312. The van der Waals surface area contributed by atoms with Gasteiger partial charge in [-0.1, -0.05) is 6.07 Å². The zero-order chi connectivity index (χ0) is 17.6. The summed E-state index contributed by atoms with van der Waals surface area (Å²) in [6, 6.07) is 4.99. The van der Waals surface area contributed by atoms with E-state index in [0.717, 1.165) is 5.69 Å². The molecule has 0 saturated carbocycles. The molecule has 1 unspecified atom stereocenters. The molecule has 3 rings (SSSR count). The van der Waals surface area contributed by atoms with E-state index in [1.54, 1.807) is 11.6 Å². The zero-order valence-electron chi connectivity index (χ0n) is 13.3. The molecule has 1 atom stereocenters. The van der Waals surface area contributed by atoms with Gasteiger partial charge >= 0.3 is 0 Å². The van der Waals surface area contributed by atoms with Crippen LogP contribution < -0.4 is 16.0 Å². The Labute approximate surface area is 148 Å². The number of hydrogen-bond acceptors (Lipinski definition) is 6. The average molecular weight is 359 g/mol. The van der Waals surface area contributed by atoms with Crippen LogP contribution in [0.2, 0.25) is 0 Å². The molecular formula is C16H17N5O3S. The van der Waals surface area contributed by atoms with E-state index < -0.39 is 6.04 Å². The van der Waals surface area contributed by atoms with Crippen molar-refractivity contribution in [1.82, 2.24) is 20.6 Å². The molecule has 2 aromatic rings. The molecule has 0 aliphatic carbocycles. The Morgan fingerprint density at radius 3 is 2.92 bits per heavy atom. The highest BCUT2D eigenvalue weighted by Gasteiger charge is 2.27. The van der Waals surface area contributed by atoms with E-state index in [2.05, 4.69) is 25.9 Å². The second kappa shape index (κ2) is 7.84. The lowest BCUT2D eigenvalue weighted by Gasteiger charge is -2.08. The minimum atomic E-state index is -0.512. The normalized spacial score (nSPS) is 16.3. The number of anilines is 1. The minimum Gasteiger partial charge on any atom is -0.350 e. The first-order chi connectivity index (χ1) is 12.1. The summed E-state index contributed by atoms with van der Waals surface area (Å²) in [5.74, 6) is -0.576. The summed E-state index contributed by atoms with van der Waals surface area (Å²) in [6.45, 7) is 0.356. The quantitative estimate of drug-likeness (QED) is 0.700. The Bertz CT molecular complexity index is 777. The Balaban J connectivity index is 1.47. The molecule has 0 aromatic carbocycles. The molecule has 3 amide bonds. The van der Waals surface area contributed by atoms with Crippen LogP contribution in [-0.4, -0.2) is 33.7 Å². The molecule has 130 valence electrons. The monoisotopic (exact) mass is 359 g/mol.